The van der Waals surface area contributed by atoms with Gasteiger partial charge in [0.15, 0.2) is 0 Å². The smallest absolute Gasteiger partial charge is 0.252 e. The first-order chi connectivity index (χ1) is 12.1. The van der Waals surface area contributed by atoms with Crippen LogP contribution in [0.5, 0.6) is 0 Å². The van der Waals surface area contributed by atoms with Gasteiger partial charge < -0.3 is 10.2 Å². The van der Waals surface area contributed by atoms with Crippen molar-refractivity contribution in [2.24, 2.45) is 5.92 Å². The first-order valence-electron chi connectivity index (χ1n) is 8.38. The minimum Gasteiger partial charge on any atom is -0.349 e. The average Bonchev–Trinajstić information content (AvgIpc) is 2.97. The molecule has 0 aromatic heterocycles. The molecule has 3 atom stereocenters. The van der Waals surface area contributed by atoms with Gasteiger partial charge in [0.05, 0.1) is 12.1 Å². The fraction of sp³-hybridized carbons (Fsp3) is 0.238. The third kappa shape index (κ3) is 3.41. The van der Waals surface area contributed by atoms with Gasteiger partial charge in [-0.3, -0.25) is 4.79 Å². The Morgan fingerprint density at radius 1 is 1.12 bits per heavy atom. The molecule has 0 radical (unpaired) electrons. The summed E-state index contributed by atoms with van der Waals surface area (Å²) < 4.78 is 0. The van der Waals surface area contributed by atoms with Gasteiger partial charge in [0.25, 0.3) is 5.91 Å². The Labute approximate surface area is 148 Å². The van der Waals surface area contributed by atoms with Gasteiger partial charge in [-0.1, -0.05) is 48.5 Å². The summed E-state index contributed by atoms with van der Waals surface area (Å²) in [4.78, 5) is 14.7. The van der Waals surface area contributed by atoms with Crippen LogP contribution in [0.15, 0.2) is 72.4 Å². The van der Waals surface area contributed by atoms with Gasteiger partial charge in [-0.2, -0.15) is 5.26 Å². The van der Waals surface area contributed by atoms with Gasteiger partial charge in [0, 0.05) is 11.8 Å². The van der Waals surface area contributed by atoms with E-state index in [0.29, 0.717) is 5.56 Å². The van der Waals surface area contributed by atoms with Crippen molar-refractivity contribution in [2.75, 3.05) is 0 Å². The Morgan fingerprint density at radius 2 is 1.72 bits per heavy atom. The molecular weight excluding hydrogens is 310 g/mol. The van der Waals surface area contributed by atoms with Gasteiger partial charge >= 0.3 is 0 Å². The molecule has 1 aliphatic heterocycles. The maximum atomic E-state index is 12.6. The summed E-state index contributed by atoms with van der Waals surface area (Å²) >= 11 is 0. The van der Waals surface area contributed by atoms with Gasteiger partial charge in [-0.15, -0.1) is 0 Å². The van der Waals surface area contributed by atoms with Gasteiger partial charge in [-0.05, 0) is 37.1 Å². The van der Waals surface area contributed by atoms with Crippen LogP contribution in [0.4, 0.5) is 0 Å². The van der Waals surface area contributed by atoms with Crippen molar-refractivity contribution >= 4 is 5.91 Å². The number of nitrogens with zero attached hydrogens (tertiary/aromatic N) is 2. The molecule has 0 bridgehead atoms. The summed E-state index contributed by atoms with van der Waals surface area (Å²) in [5.41, 5.74) is 2.70. The molecule has 3 unspecified atom stereocenters. The van der Waals surface area contributed by atoms with Crippen LogP contribution in [0.25, 0.3) is 0 Å². The summed E-state index contributed by atoms with van der Waals surface area (Å²) in [6, 6.07) is 21.6. The summed E-state index contributed by atoms with van der Waals surface area (Å²) in [5.74, 6) is -0.530. The van der Waals surface area contributed by atoms with Crippen LogP contribution in [0, 0.1) is 17.2 Å². The molecule has 4 heteroatoms. The van der Waals surface area contributed by atoms with E-state index < -0.39 is 0 Å². The molecule has 0 saturated heterocycles. The summed E-state index contributed by atoms with van der Waals surface area (Å²) in [6.07, 6.45) is 1.61. The lowest BCUT2D eigenvalue weighted by atomic mass is 10.0. The highest BCUT2D eigenvalue weighted by molar-refractivity contribution is 5.94. The number of nitrogens with one attached hydrogen (secondary N) is 1. The zero-order chi connectivity index (χ0) is 17.8. The molecule has 1 aliphatic rings. The van der Waals surface area contributed by atoms with Crippen LogP contribution in [-0.4, -0.2) is 17.0 Å². The van der Waals surface area contributed by atoms with E-state index in [1.54, 1.807) is 12.1 Å². The second kappa shape index (κ2) is 7.23. The first kappa shape index (κ1) is 16.8. The Morgan fingerprint density at radius 3 is 2.32 bits per heavy atom. The zero-order valence-electron chi connectivity index (χ0n) is 14.4. The third-order valence-electron chi connectivity index (χ3n) is 4.66. The van der Waals surface area contributed by atoms with Crippen LogP contribution in [0.1, 0.15) is 35.8 Å². The van der Waals surface area contributed by atoms with Crippen molar-refractivity contribution in [3.8, 4) is 6.07 Å². The van der Waals surface area contributed by atoms with E-state index >= 15 is 0 Å². The van der Waals surface area contributed by atoms with Gasteiger partial charge in [-0.25, -0.2) is 0 Å². The molecule has 0 aliphatic carbocycles. The molecule has 0 fully saturated rings. The number of amides is 1. The second-order valence-electron chi connectivity index (χ2n) is 6.30. The Balaban J connectivity index is 1.86. The molecule has 25 heavy (non-hydrogen) atoms. The highest BCUT2D eigenvalue weighted by atomic mass is 16.1. The third-order valence-corrected chi connectivity index (χ3v) is 4.66. The molecule has 1 heterocycles. The largest absolute Gasteiger partial charge is 0.349 e. The first-order valence-corrected chi connectivity index (χ1v) is 8.38. The molecule has 2 aromatic carbocycles. The lowest BCUT2D eigenvalue weighted by Crippen LogP contribution is -2.48. The van der Waals surface area contributed by atoms with E-state index in [2.05, 4.69) is 35.3 Å². The number of hydrogen-bond acceptors (Lipinski definition) is 3. The molecule has 3 rings (SSSR count). The molecule has 1 N–H and O–H groups in total. The van der Waals surface area contributed by atoms with Crippen molar-refractivity contribution < 1.29 is 4.79 Å². The molecule has 2 aromatic rings. The summed E-state index contributed by atoms with van der Waals surface area (Å²) in [6.45, 7) is 4.02. The minimum absolute atomic E-state index is 0.0515. The average molecular weight is 331 g/mol. The standard InChI is InChI=1S/C21H21N3O/c1-15-14-24(16(2)17-9-5-3-6-10-17)20(19(15)13-22)23-21(25)18-11-7-4-8-12-18/h3-12,14,16,19-20H,1-2H3,(H,23,25). The molecule has 4 nitrogen and oxygen atoms in total. The number of benzene rings is 2. The zero-order valence-corrected chi connectivity index (χ0v) is 14.4. The van der Waals surface area contributed by atoms with E-state index in [-0.39, 0.29) is 24.0 Å². The predicted molar refractivity (Wildman–Crippen MR) is 97.3 cm³/mol. The SMILES string of the molecule is CC1=CN(C(C)c2ccccc2)C(NC(=O)c2ccccc2)C1C#N. The molecule has 126 valence electrons. The van der Waals surface area contributed by atoms with Crippen LogP contribution in [0.3, 0.4) is 0 Å². The number of carbonyl (C=O) groups excluding carboxylic acids is 1. The van der Waals surface area contributed by atoms with E-state index in [9.17, 15) is 10.1 Å². The van der Waals surface area contributed by atoms with Crippen molar-refractivity contribution in [3.05, 3.63) is 83.6 Å². The Kier molecular flexibility index (Phi) is 4.85. The normalized spacial score (nSPS) is 20.5. The maximum Gasteiger partial charge on any atom is 0.252 e. The van der Waals surface area contributed by atoms with Crippen LogP contribution in [-0.2, 0) is 0 Å². The minimum atomic E-state index is -0.382. The van der Waals surface area contributed by atoms with E-state index in [1.165, 1.54) is 0 Å². The number of rotatable bonds is 4. The van der Waals surface area contributed by atoms with E-state index in [4.69, 9.17) is 0 Å². The van der Waals surface area contributed by atoms with Crippen molar-refractivity contribution in [1.82, 2.24) is 10.2 Å². The van der Waals surface area contributed by atoms with E-state index in [1.807, 2.05) is 49.5 Å². The quantitative estimate of drug-likeness (QED) is 0.925. The number of nitriles is 1. The second-order valence-corrected chi connectivity index (χ2v) is 6.30. The van der Waals surface area contributed by atoms with Crippen LogP contribution in [0.2, 0.25) is 0 Å². The topological polar surface area (TPSA) is 56.1 Å². The van der Waals surface area contributed by atoms with Crippen LogP contribution >= 0.6 is 0 Å². The fourth-order valence-corrected chi connectivity index (χ4v) is 3.21. The Hall–Kier alpha value is -3.06. The van der Waals surface area contributed by atoms with Crippen molar-refractivity contribution in [1.29, 1.82) is 5.26 Å². The van der Waals surface area contributed by atoms with Gasteiger partial charge in [0.2, 0.25) is 0 Å². The fourth-order valence-electron chi connectivity index (χ4n) is 3.21. The highest BCUT2D eigenvalue weighted by Crippen LogP contribution is 2.33. The van der Waals surface area contributed by atoms with Crippen molar-refractivity contribution in [3.63, 3.8) is 0 Å². The maximum absolute atomic E-state index is 12.6. The van der Waals surface area contributed by atoms with Crippen LogP contribution < -0.4 is 5.32 Å². The summed E-state index contributed by atoms with van der Waals surface area (Å²) in [5, 5.41) is 12.6. The highest BCUT2D eigenvalue weighted by Gasteiger charge is 2.37. The van der Waals surface area contributed by atoms with Gasteiger partial charge in [0.1, 0.15) is 12.1 Å². The Bertz CT molecular complexity index is 808. The number of hydrogen-bond donors (Lipinski definition) is 1. The lowest BCUT2D eigenvalue weighted by molar-refractivity contribution is 0.0860. The predicted octanol–water partition coefficient (Wildman–Crippen LogP) is 3.86. The lowest BCUT2D eigenvalue weighted by Gasteiger charge is -2.33. The molecular formula is C21H21N3O. The number of carbonyl (C=O) groups is 1. The monoisotopic (exact) mass is 331 g/mol. The van der Waals surface area contributed by atoms with E-state index in [0.717, 1.165) is 11.1 Å². The van der Waals surface area contributed by atoms with Crippen molar-refractivity contribution in [2.45, 2.75) is 26.1 Å². The molecule has 1 amide bonds. The molecule has 0 spiro atoms. The summed E-state index contributed by atoms with van der Waals surface area (Å²) in [7, 11) is 0. The molecule has 0 saturated carbocycles.